The van der Waals surface area contributed by atoms with Gasteiger partial charge in [-0.05, 0) is 58.0 Å². The van der Waals surface area contributed by atoms with Gasteiger partial charge in [-0.25, -0.2) is 0 Å². The van der Waals surface area contributed by atoms with E-state index in [0.717, 1.165) is 39.6 Å². The van der Waals surface area contributed by atoms with Crippen LogP contribution in [0, 0.1) is 0 Å². The van der Waals surface area contributed by atoms with Gasteiger partial charge in [-0.3, -0.25) is 4.98 Å². The van der Waals surface area contributed by atoms with Crippen molar-refractivity contribution in [2.24, 2.45) is 0 Å². The van der Waals surface area contributed by atoms with Gasteiger partial charge in [0, 0.05) is 27.9 Å². The maximum absolute atomic E-state index is 6.38. The largest absolute Gasteiger partial charge is 0.456 e. The lowest BCUT2D eigenvalue weighted by molar-refractivity contribution is 0.669. The topological polar surface area (TPSA) is 26.0 Å². The highest BCUT2D eigenvalue weighted by Crippen LogP contribution is 2.40. The Bertz CT molecular complexity index is 1660. The number of rotatable bonds is 1. The summed E-state index contributed by atoms with van der Waals surface area (Å²) in [7, 11) is 0. The predicted molar refractivity (Wildman–Crippen MR) is 125 cm³/mol. The van der Waals surface area contributed by atoms with Crippen LogP contribution >= 0.6 is 0 Å². The van der Waals surface area contributed by atoms with Gasteiger partial charge in [0.25, 0.3) is 0 Å². The number of hydrogen-bond donors (Lipinski definition) is 0. The molecule has 1 aliphatic rings. The van der Waals surface area contributed by atoms with Crippen LogP contribution in [0.25, 0.3) is 60.8 Å². The maximum atomic E-state index is 6.38. The summed E-state index contributed by atoms with van der Waals surface area (Å²) in [5.41, 5.74) is 6.55. The van der Waals surface area contributed by atoms with Gasteiger partial charge in [-0.15, -0.1) is 0 Å². The van der Waals surface area contributed by atoms with Crippen LogP contribution in [-0.2, 0) is 6.42 Å². The smallest absolute Gasteiger partial charge is 0.136 e. The van der Waals surface area contributed by atoms with Crippen LogP contribution in [0.4, 0.5) is 0 Å². The van der Waals surface area contributed by atoms with Gasteiger partial charge >= 0.3 is 0 Å². The summed E-state index contributed by atoms with van der Waals surface area (Å²) < 4.78 is 6.38. The quantitative estimate of drug-likeness (QED) is 0.293. The minimum absolute atomic E-state index is 0.907. The number of nitrogens with zero attached hydrogens (tertiary/aromatic N) is 1. The molecule has 2 heteroatoms. The van der Waals surface area contributed by atoms with E-state index in [1.807, 2.05) is 6.20 Å². The Morgan fingerprint density at radius 2 is 1.67 bits per heavy atom. The molecule has 7 rings (SSSR count). The Morgan fingerprint density at radius 1 is 0.733 bits per heavy atom. The SMILES string of the molecule is C1=Cc2cc3oc4cc(-c5nccc6ccccc56)ccc4c3c3cccc(c23)C1. The first kappa shape index (κ1) is 15.9. The average Bonchev–Trinajstić information content (AvgIpc) is 3.16. The first-order valence-electron chi connectivity index (χ1n) is 10.3. The average molecular weight is 383 g/mol. The molecule has 0 amide bonds. The molecule has 2 nitrogen and oxygen atoms in total. The third-order valence-electron chi connectivity index (χ3n) is 6.29. The predicted octanol–water partition coefficient (Wildman–Crippen LogP) is 7.52. The number of furan rings is 1. The zero-order chi connectivity index (χ0) is 19.7. The Kier molecular flexibility index (Phi) is 3.09. The van der Waals surface area contributed by atoms with Crippen LogP contribution in [0.1, 0.15) is 11.1 Å². The minimum atomic E-state index is 0.907. The molecule has 0 spiro atoms. The summed E-state index contributed by atoms with van der Waals surface area (Å²) in [6.07, 6.45) is 7.31. The summed E-state index contributed by atoms with van der Waals surface area (Å²) in [6, 6.07) is 25.7. The van der Waals surface area contributed by atoms with Crippen LogP contribution in [0.15, 0.2) is 89.5 Å². The van der Waals surface area contributed by atoms with Crippen molar-refractivity contribution in [2.45, 2.75) is 6.42 Å². The minimum Gasteiger partial charge on any atom is -0.456 e. The van der Waals surface area contributed by atoms with E-state index in [2.05, 4.69) is 89.9 Å². The van der Waals surface area contributed by atoms with Crippen LogP contribution in [0.3, 0.4) is 0 Å². The van der Waals surface area contributed by atoms with Crippen LogP contribution < -0.4 is 0 Å². The van der Waals surface area contributed by atoms with Gasteiger partial charge < -0.3 is 4.42 Å². The summed E-state index contributed by atoms with van der Waals surface area (Å²) in [6.45, 7) is 0. The fourth-order valence-corrected chi connectivity index (χ4v) is 4.97. The normalized spacial score (nSPS) is 13.1. The monoisotopic (exact) mass is 383 g/mol. The van der Waals surface area contributed by atoms with Crippen molar-refractivity contribution in [3.63, 3.8) is 0 Å². The number of allylic oxidation sites excluding steroid dienone is 1. The number of pyridine rings is 1. The number of fused-ring (bicyclic) bond motifs is 5. The van der Waals surface area contributed by atoms with Crippen LogP contribution in [-0.4, -0.2) is 4.98 Å². The van der Waals surface area contributed by atoms with Crippen molar-refractivity contribution >= 4 is 49.6 Å². The van der Waals surface area contributed by atoms with E-state index < -0.39 is 0 Å². The first-order valence-corrected chi connectivity index (χ1v) is 10.3. The second-order valence-electron chi connectivity index (χ2n) is 7.98. The molecule has 0 N–H and O–H groups in total. The molecule has 0 bridgehead atoms. The highest BCUT2D eigenvalue weighted by molar-refractivity contribution is 6.21. The van der Waals surface area contributed by atoms with Crippen LogP contribution in [0.5, 0.6) is 0 Å². The highest BCUT2D eigenvalue weighted by atomic mass is 16.3. The fourth-order valence-electron chi connectivity index (χ4n) is 4.97. The van der Waals surface area contributed by atoms with E-state index in [-0.39, 0.29) is 0 Å². The van der Waals surface area contributed by atoms with E-state index in [1.54, 1.807) is 0 Å². The summed E-state index contributed by atoms with van der Waals surface area (Å²) in [4.78, 5) is 4.68. The molecule has 2 heterocycles. The summed E-state index contributed by atoms with van der Waals surface area (Å²) >= 11 is 0. The molecule has 0 atom stereocenters. The molecule has 30 heavy (non-hydrogen) atoms. The zero-order valence-corrected chi connectivity index (χ0v) is 16.2. The van der Waals surface area contributed by atoms with Crippen molar-refractivity contribution in [1.82, 2.24) is 4.98 Å². The van der Waals surface area contributed by atoms with E-state index in [4.69, 9.17) is 4.42 Å². The first-order chi connectivity index (χ1) is 14.9. The van der Waals surface area contributed by atoms with Crippen molar-refractivity contribution in [3.8, 4) is 11.3 Å². The Labute approximate surface area is 173 Å². The van der Waals surface area contributed by atoms with Crippen molar-refractivity contribution in [1.29, 1.82) is 0 Å². The molecule has 140 valence electrons. The van der Waals surface area contributed by atoms with E-state index in [1.165, 1.54) is 32.7 Å². The lowest BCUT2D eigenvalue weighted by Crippen LogP contribution is -1.92. The molecule has 1 aliphatic carbocycles. The zero-order valence-electron chi connectivity index (χ0n) is 16.2. The van der Waals surface area contributed by atoms with Gasteiger partial charge in [0.2, 0.25) is 0 Å². The van der Waals surface area contributed by atoms with Gasteiger partial charge in [-0.2, -0.15) is 0 Å². The standard InChI is InChI=1S/C28H17NO/c1-2-9-21-17(5-1)13-14-29-28(21)20-11-12-22-24(16-20)30-25-15-19-8-3-6-18-7-4-10-23(26(18)19)27(22)25/h1-5,7-16H,6H2. The molecule has 0 aliphatic heterocycles. The number of aromatic nitrogens is 1. The van der Waals surface area contributed by atoms with E-state index >= 15 is 0 Å². The lowest BCUT2D eigenvalue weighted by atomic mass is 9.90. The molecule has 0 fully saturated rings. The van der Waals surface area contributed by atoms with Gasteiger partial charge in [0.05, 0.1) is 5.69 Å². The van der Waals surface area contributed by atoms with Gasteiger partial charge in [0.1, 0.15) is 11.2 Å². The molecule has 0 saturated carbocycles. The Hall–Kier alpha value is -3.91. The second-order valence-corrected chi connectivity index (χ2v) is 7.98. The molecular formula is C28H17NO. The van der Waals surface area contributed by atoms with Crippen molar-refractivity contribution in [2.75, 3.05) is 0 Å². The third-order valence-corrected chi connectivity index (χ3v) is 6.29. The highest BCUT2D eigenvalue weighted by Gasteiger charge is 2.17. The number of benzene rings is 4. The molecular weight excluding hydrogens is 366 g/mol. The molecule has 0 radical (unpaired) electrons. The maximum Gasteiger partial charge on any atom is 0.136 e. The third kappa shape index (κ3) is 2.11. The van der Waals surface area contributed by atoms with Crippen LogP contribution in [0.2, 0.25) is 0 Å². The van der Waals surface area contributed by atoms with Gasteiger partial charge in [0.15, 0.2) is 0 Å². The Balaban J connectivity index is 1.55. The molecule has 0 unspecified atom stereocenters. The van der Waals surface area contributed by atoms with Gasteiger partial charge in [-0.1, -0.05) is 60.7 Å². The van der Waals surface area contributed by atoms with Crippen molar-refractivity contribution < 1.29 is 4.42 Å². The van der Waals surface area contributed by atoms with E-state index in [0.29, 0.717) is 0 Å². The number of hydrogen-bond acceptors (Lipinski definition) is 2. The second kappa shape index (κ2) is 5.80. The molecule has 2 aromatic heterocycles. The molecule has 6 aromatic rings. The summed E-state index contributed by atoms with van der Waals surface area (Å²) in [5.74, 6) is 0. The van der Waals surface area contributed by atoms with Crippen molar-refractivity contribution in [3.05, 3.63) is 96.2 Å². The molecule has 4 aromatic carbocycles. The summed E-state index contributed by atoms with van der Waals surface area (Å²) in [5, 5.41) is 7.35. The lowest BCUT2D eigenvalue weighted by Gasteiger charge is -2.13. The fraction of sp³-hybridized carbons (Fsp3) is 0.0357. The Morgan fingerprint density at radius 3 is 2.67 bits per heavy atom. The molecule has 0 saturated heterocycles. The van der Waals surface area contributed by atoms with E-state index in [9.17, 15) is 0 Å².